The van der Waals surface area contributed by atoms with Gasteiger partial charge >= 0.3 is 191 Å². The van der Waals surface area contributed by atoms with Crippen molar-refractivity contribution in [3.63, 3.8) is 0 Å². The van der Waals surface area contributed by atoms with Gasteiger partial charge in [0, 0.05) is 0 Å². The van der Waals surface area contributed by atoms with Crippen LogP contribution in [-0.2, 0) is 0 Å². The third kappa shape index (κ3) is 5.51. The average molecular weight is 516 g/mol. The summed E-state index contributed by atoms with van der Waals surface area (Å²) in [5.41, 5.74) is 7.83. The van der Waals surface area contributed by atoms with Gasteiger partial charge in [-0.25, -0.2) is 0 Å². The number of benzene rings is 4. The van der Waals surface area contributed by atoms with Crippen molar-refractivity contribution in [2.45, 2.75) is 0 Å². The molecule has 0 amide bonds. The van der Waals surface area contributed by atoms with Crippen molar-refractivity contribution < 1.29 is 0 Å². The van der Waals surface area contributed by atoms with Crippen LogP contribution in [0.15, 0.2) is 131 Å². The zero-order valence-electron chi connectivity index (χ0n) is 16.5. The molecule has 0 fully saturated rings. The van der Waals surface area contributed by atoms with E-state index in [-0.39, 0.29) is 0 Å². The molecule has 0 atom stereocenters. The SMILES string of the molecule is C([Se][Se]C=C(c1ccccc1)c1ccccc1)=C(c1ccccc1)c1ccccc1. The molecule has 0 aliphatic carbocycles. The fourth-order valence-electron chi connectivity index (χ4n) is 3.23. The van der Waals surface area contributed by atoms with Crippen molar-refractivity contribution in [2.75, 3.05) is 0 Å². The van der Waals surface area contributed by atoms with Crippen LogP contribution in [-0.4, -0.2) is 26.3 Å². The van der Waals surface area contributed by atoms with Crippen molar-refractivity contribution in [1.29, 1.82) is 0 Å². The number of hydrogen-bond donors (Lipinski definition) is 0. The van der Waals surface area contributed by atoms with Gasteiger partial charge < -0.3 is 0 Å². The van der Waals surface area contributed by atoms with Gasteiger partial charge in [-0.05, 0) is 0 Å². The minimum atomic E-state index is 0.419. The first kappa shape index (κ1) is 20.7. The van der Waals surface area contributed by atoms with Crippen molar-refractivity contribution in [2.24, 2.45) is 0 Å². The molecule has 146 valence electrons. The Bertz CT molecular complexity index is 924. The molecule has 0 bridgehead atoms. The second-order valence-electron chi connectivity index (χ2n) is 6.72. The molecule has 0 aliphatic heterocycles. The van der Waals surface area contributed by atoms with Crippen LogP contribution in [0.3, 0.4) is 0 Å². The van der Waals surface area contributed by atoms with Gasteiger partial charge in [0.25, 0.3) is 0 Å². The molecule has 0 nitrogen and oxygen atoms in total. The quantitative estimate of drug-likeness (QED) is 0.195. The van der Waals surface area contributed by atoms with Gasteiger partial charge in [0.2, 0.25) is 0 Å². The van der Waals surface area contributed by atoms with Crippen LogP contribution in [0, 0.1) is 0 Å². The van der Waals surface area contributed by atoms with Crippen LogP contribution in [0.4, 0.5) is 0 Å². The summed E-state index contributed by atoms with van der Waals surface area (Å²) in [4.78, 5) is 4.92. The average Bonchev–Trinajstić information content (AvgIpc) is 2.84. The summed E-state index contributed by atoms with van der Waals surface area (Å²) in [5, 5.41) is 0. The first-order valence-electron chi connectivity index (χ1n) is 9.86. The molecule has 2 heteroatoms. The molecule has 0 aromatic heterocycles. The van der Waals surface area contributed by atoms with Crippen LogP contribution < -0.4 is 0 Å². The van der Waals surface area contributed by atoms with Gasteiger partial charge in [-0.1, -0.05) is 0 Å². The van der Waals surface area contributed by atoms with Crippen LogP contribution in [0.25, 0.3) is 11.1 Å². The Morgan fingerprint density at radius 1 is 0.367 bits per heavy atom. The molecular formula is C28H22Se2. The van der Waals surface area contributed by atoms with Crippen LogP contribution >= 0.6 is 0 Å². The Balaban J connectivity index is 1.60. The normalized spacial score (nSPS) is 10.3. The van der Waals surface area contributed by atoms with Crippen molar-refractivity contribution in [3.8, 4) is 0 Å². The van der Waals surface area contributed by atoms with Gasteiger partial charge in [-0.3, -0.25) is 0 Å². The van der Waals surface area contributed by atoms with Crippen LogP contribution in [0.1, 0.15) is 22.3 Å². The Kier molecular flexibility index (Phi) is 7.56. The Hall–Kier alpha value is -2.60. The molecule has 0 saturated carbocycles. The second kappa shape index (κ2) is 11.0. The first-order chi connectivity index (χ1) is 14.9. The molecule has 0 saturated heterocycles. The summed E-state index contributed by atoms with van der Waals surface area (Å²) < 4.78 is 0. The van der Waals surface area contributed by atoms with Gasteiger partial charge in [0.1, 0.15) is 0 Å². The van der Waals surface area contributed by atoms with E-state index in [1.54, 1.807) is 0 Å². The summed E-state index contributed by atoms with van der Waals surface area (Å²) in [6.45, 7) is 0. The third-order valence-corrected chi connectivity index (χ3v) is 9.66. The van der Waals surface area contributed by atoms with E-state index in [1.807, 2.05) is 0 Å². The summed E-state index contributed by atoms with van der Waals surface area (Å²) in [6, 6.07) is 42.9. The first-order valence-corrected chi connectivity index (χ1v) is 16.2. The molecule has 0 N–H and O–H groups in total. The molecule has 4 aromatic rings. The summed E-state index contributed by atoms with van der Waals surface area (Å²) in [5.74, 6) is 0. The van der Waals surface area contributed by atoms with Gasteiger partial charge in [0.15, 0.2) is 0 Å². The molecule has 4 rings (SSSR count). The van der Waals surface area contributed by atoms with E-state index >= 15 is 0 Å². The van der Waals surface area contributed by atoms with Gasteiger partial charge in [0.05, 0.1) is 0 Å². The van der Waals surface area contributed by atoms with Crippen molar-refractivity contribution >= 4 is 37.4 Å². The predicted octanol–water partition coefficient (Wildman–Crippen LogP) is 6.49. The molecule has 4 aromatic carbocycles. The summed E-state index contributed by atoms with van der Waals surface area (Å²) in [7, 11) is 0. The number of hydrogen-bond acceptors (Lipinski definition) is 0. The molecule has 0 aliphatic rings. The predicted molar refractivity (Wildman–Crippen MR) is 131 cm³/mol. The van der Waals surface area contributed by atoms with Crippen molar-refractivity contribution in [3.05, 3.63) is 154 Å². The van der Waals surface area contributed by atoms with Crippen LogP contribution in [0.5, 0.6) is 0 Å². The topological polar surface area (TPSA) is 0 Å². The van der Waals surface area contributed by atoms with E-state index in [2.05, 4.69) is 131 Å². The maximum atomic E-state index is 2.46. The molecule has 30 heavy (non-hydrogen) atoms. The zero-order chi connectivity index (χ0) is 20.4. The van der Waals surface area contributed by atoms with E-state index in [9.17, 15) is 0 Å². The monoisotopic (exact) mass is 518 g/mol. The Morgan fingerprint density at radius 3 is 0.833 bits per heavy atom. The molecule has 0 radical (unpaired) electrons. The fourth-order valence-corrected chi connectivity index (χ4v) is 8.32. The zero-order valence-corrected chi connectivity index (χ0v) is 19.9. The van der Waals surface area contributed by atoms with Gasteiger partial charge in [-0.2, -0.15) is 0 Å². The molecular weight excluding hydrogens is 494 g/mol. The second-order valence-corrected chi connectivity index (χ2v) is 12.7. The molecule has 0 heterocycles. The minimum absolute atomic E-state index is 0.419. The van der Waals surface area contributed by atoms with Crippen molar-refractivity contribution in [1.82, 2.24) is 0 Å². The summed E-state index contributed by atoms with van der Waals surface area (Å²) >= 11 is 0.839. The van der Waals surface area contributed by atoms with E-state index in [0.717, 1.165) is 0 Å². The van der Waals surface area contributed by atoms with E-state index < -0.39 is 0 Å². The van der Waals surface area contributed by atoms with E-state index in [1.165, 1.54) is 33.4 Å². The Morgan fingerprint density at radius 2 is 0.600 bits per heavy atom. The number of rotatable bonds is 7. The Labute approximate surface area is 190 Å². The molecule has 0 spiro atoms. The van der Waals surface area contributed by atoms with E-state index in [4.69, 9.17) is 0 Å². The third-order valence-electron chi connectivity index (χ3n) is 4.73. The summed E-state index contributed by atoms with van der Waals surface area (Å²) in [6.07, 6.45) is 0. The fraction of sp³-hybridized carbons (Fsp3) is 0. The standard InChI is InChI=1S/C28H22Se2/c1-5-13-23(14-6-1)27(24-15-7-2-8-16-24)21-29-30-22-28(25-17-9-3-10-18-25)26-19-11-4-12-20-26/h1-22H. The van der Waals surface area contributed by atoms with Gasteiger partial charge in [-0.15, -0.1) is 0 Å². The van der Waals surface area contributed by atoms with E-state index in [0.29, 0.717) is 26.3 Å². The maximum absolute atomic E-state index is 2.46. The molecule has 0 unspecified atom stereocenters. The van der Waals surface area contributed by atoms with Crippen LogP contribution in [0.2, 0.25) is 0 Å².